The highest BCUT2D eigenvalue weighted by molar-refractivity contribution is 8.00. The van der Waals surface area contributed by atoms with Crippen LogP contribution >= 0.6 is 11.8 Å². The van der Waals surface area contributed by atoms with Crippen LogP contribution in [0, 0.1) is 0 Å². The van der Waals surface area contributed by atoms with Gasteiger partial charge < -0.3 is 11.1 Å². The van der Waals surface area contributed by atoms with Crippen molar-refractivity contribution in [1.82, 2.24) is 10.6 Å². The van der Waals surface area contributed by atoms with Crippen LogP contribution < -0.4 is 16.4 Å². The third kappa shape index (κ3) is 5.97. The first-order valence-electron chi connectivity index (χ1n) is 5.55. The Balaban J connectivity index is 2.03. The molecule has 0 aliphatic heterocycles. The predicted octanol–water partition coefficient (Wildman–Crippen LogP) is 0.445. The second kappa shape index (κ2) is 6.75. The van der Waals surface area contributed by atoms with Gasteiger partial charge >= 0.3 is 6.03 Å². The van der Waals surface area contributed by atoms with Crippen molar-refractivity contribution in [3.05, 3.63) is 0 Å². The fourth-order valence-corrected chi connectivity index (χ4v) is 1.95. The molecule has 1 aliphatic carbocycles. The molecule has 92 valence electrons. The highest BCUT2D eigenvalue weighted by atomic mass is 32.2. The normalized spacial score (nSPS) is 16.6. The average molecular weight is 245 g/mol. The van der Waals surface area contributed by atoms with Crippen LogP contribution in [-0.2, 0) is 4.79 Å². The van der Waals surface area contributed by atoms with E-state index in [1.54, 1.807) is 0 Å². The van der Waals surface area contributed by atoms with Crippen LogP contribution in [0.2, 0.25) is 0 Å². The Morgan fingerprint density at radius 2 is 2.19 bits per heavy atom. The Bertz CT molecular complexity index is 256. The summed E-state index contributed by atoms with van der Waals surface area (Å²) in [6.45, 7) is 2.01. The van der Waals surface area contributed by atoms with Crippen LogP contribution in [0.3, 0.4) is 0 Å². The Morgan fingerprint density at radius 3 is 2.75 bits per heavy atom. The number of imide groups is 1. The monoisotopic (exact) mass is 245 g/mol. The lowest BCUT2D eigenvalue weighted by Crippen LogP contribution is -2.41. The summed E-state index contributed by atoms with van der Waals surface area (Å²) in [5, 5.41) is 4.98. The third-order valence-electron chi connectivity index (χ3n) is 2.25. The third-order valence-corrected chi connectivity index (χ3v) is 3.39. The maximum Gasteiger partial charge on any atom is 0.321 e. The van der Waals surface area contributed by atoms with Crippen molar-refractivity contribution in [2.75, 3.05) is 11.5 Å². The molecule has 0 radical (unpaired) electrons. The van der Waals surface area contributed by atoms with Crippen molar-refractivity contribution in [3.63, 3.8) is 0 Å². The lowest BCUT2D eigenvalue weighted by molar-refractivity contribution is -0.117. The molecule has 0 spiro atoms. The summed E-state index contributed by atoms with van der Waals surface area (Å²) in [5.74, 6) is 0.770. The lowest BCUT2D eigenvalue weighted by Gasteiger charge is -2.08. The Morgan fingerprint density at radius 1 is 1.50 bits per heavy atom. The SMILES string of the molecule is CCC(N)CSCC(=O)NC(=O)NC1CC1. The van der Waals surface area contributed by atoms with Crippen LogP contribution in [0.5, 0.6) is 0 Å². The topological polar surface area (TPSA) is 84.2 Å². The number of carbonyl (C=O) groups is 2. The molecule has 1 fully saturated rings. The zero-order chi connectivity index (χ0) is 12.0. The summed E-state index contributed by atoms with van der Waals surface area (Å²) in [4.78, 5) is 22.5. The molecule has 0 bridgehead atoms. The first-order valence-corrected chi connectivity index (χ1v) is 6.71. The van der Waals surface area contributed by atoms with E-state index in [1.807, 2.05) is 6.92 Å². The highest BCUT2D eigenvalue weighted by Gasteiger charge is 2.23. The lowest BCUT2D eigenvalue weighted by atomic mass is 10.3. The number of hydrogen-bond acceptors (Lipinski definition) is 4. The minimum atomic E-state index is -0.382. The summed E-state index contributed by atoms with van der Waals surface area (Å²) in [6.07, 6.45) is 2.93. The molecule has 16 heavy (non-hydrogen) atoms. The summed E-state index contributed by atoms with van der Waals surface area (Å²) < 4.78 is 0. The van der Waals surface area contributed by atoms with Crippen molar-refractivity contribution < 1.29 is 9.59 Å². The molecule has 4 N–H and O–H groups in total. The van der Waals surface area contributed by atoms with Gasteiger partial charge in [0.15, 0.2) is 0 Å². The van der Waals surface area contributed by atoms with Crippen molar-refractivity contribution in [2.45, 2.75) is 38.3 Å². The molecular weight excluding hydrogens is 226 g/mol. The fraction of sp³-hybridized carbons (Fsp3) is 0.800. The van der Waals surface area contributed by atoms with Gasteiger partial charge in [0, 0.05) is 17.8 Å². The zero-order valence-electron chi connectivity index (χ0n) is 9.49. The molecule has 0 aromatic rings. The van der Waals surface area contributed by atoms with Gasteiger partial charge in [0.2, 0.25) is 5.91 Å². The molecule has 6 heteroatoms. The average Bonchev–Trinajstić information content (AvgIpc) is 3.01. The van der Waals surface area contributed by atoms with Gasteiger partial charge in [-0.25, -0.2) is 4.79 Å². The molecule has 0 saturated heterocycles. The van der Waals surface area contributed by atoms with Gasteiger partial charge in [-0.1, -0.05) is 6.92 Å². The number of hydrogen-bond donors (Lipinski definition) is 3. The molecular formula is C10H19N3O2S. The van der Waals surface area contributed by atoms with E-state index >= 15 is 0 Å². The van der Waals surface area contributed by atoms with E-state index in [0.717, 1.165) is 25.0 Å². The molecule has 5 nitrogen and oxygen atoms in total. The summed E-state index contributed by atoms with van der Waals surface area (Å²) >= 11 is 1.45. The maximum absolute atomic E-state index is 11.3. The second-order valence-electron chi connectivity index (χ2n) is 3.98. The summed E-state index contributed by atoms with van der Waals surface area (Å²) in [7, 11) is 0. The molecule has 3 amide bonds. The Kier molecular flexibility index (Phi) is 5.62. The minimum Gasteiger partial charge on any atom is -0.335 e. The van der Waals surface area contributed by atoms with Gasteiger partial charge in [-0.3, -0.25) is 10.1 Å². The summed E-state index contributed by atoms with van der Waals surface area (Å²) in [5.41, 5.74) is 5.70. The first-order chi connectivity index (χ1) is 7.61. The van der Waals surface area contributed by atoms with Gasteiger partial charge in [0.05, 0.1) is 5.75 Å². The Labute approximate surface area is 99.9 Å². The molecule has 0 aromatic heterocycles. The predicted molar refractivity (Wildman–Crippen MR) is 65.3 cm³/mol. The zero-order valence-corrected chi connectivity index (χ0v) is 10.3. The van der Waals surface area contributed by atoms with Gasteiger partial charge in [0.1, 0.15) is 0 Å². The number of amides is 3. The standard InChI is InChI=1S/C10H19N3O2S/c1-2-7(11)5-16-6-9(14)13-10(15)12-8-3-4-8/h7-8H,2-6,11H2,1H3,(H2,12,13,14,15). The number of carbonyl (C=O) groups excluding carboxylic acids is 2. The molecule has 1 saturated carbocycles. The van der Waals surface area contributed by atoms with E-state index in [9.17, 15) is 9.59 Å². The van der Waals surface area contributed by atoms with Crippen LogP contribution in [0.25, 0.3) is 0 Å². The number of nitrogens with one attached hydrogen (secondary N) is 2. The number of thioether (sulfide) groups is 1. The Hall–Kier alpha value is -0.750. The van der Waals surface area contributed by atoms with E-state index in [1.165, 1.54) is 11.8 Å². The number of rotatable bonds is 6. The van der Waals surface area contributed by atoms with Crippen LogP contribution in [0.15, 0.2) is 0 Å². The van der Waals surface area contributed by atoms with Crippen LogP contribution in [0.1, 0.15) is 26.2 Å². The molecule has 0 aromatic carbocycles. The molecule has 1 aliphatic rings. The van der Waals surface area contributed by atoms with Crippen molar-refractivity contribution in [3.8, 4) is 0 Å². The van der Waals surface area contributed by atoms with Gasteiger partial charge in [-0.15, -0.1) is 0 Å². The minimum absolute atomic E-state index is 0.123. The molecule has 1 unspecified atom stereocenters. The van der Waals surface area contributed by atoms with Crippen LogP contribution in [-0.4, -0.2) is 35.5 Å². The van der Waals surface area contributed by atoms with E-state index in [-0.39, 0.29) is 29.8 Å². The van der Waals surface area contributed by atoms with E-state index in [0.29, 0.717) is 0 Å². The van der Waals surface area contributed by atoms with Crippen LogP contribution in [0.4, 0.5) is 4.79 Å². The first kappa shape index (κ1) is 13.3. The molecule has 1 atom stereocenters. The second-order valence-corrected chi connectivity index (χ2v) is 5.01. The van der Waals surface area contributed by atoms with Gasteiger partial charge in [-0.2, -0.15) is 11.8 Å². The molecule has 0 heterocycles. The van der Waals surface area contributed by atoms with Crippen molar-refractivity contribution >= 4 is 23.7 Å². The van der Waals surface area contributed by atoms with Gasteiger partial charge in [0.25, 0.3) is 0 Å². The fourth-order valence-electron chi connectivity index (χ4n) is 1.03. The molecule has 1 rings (SSSR count). The largest absolute Gasteiger partial charge is 0.335 e. The van der Waals surface area contributed by atoms with E-state index in [2.05, 4.69) is 10.6 Å². The van der Waals surface area contributed by atoms with Gasteiger partial charge in [-0.05, 0) is 19.3 Å². The van der Waals surface area contributed by atoms with Crippen molar-refractivity contribution in [1.29, 1.82) is 0 Å². The summed E-state index contributed by atoms with van der Waals surface area (Å²) in [6, 6.07) is 0.0138. The number of nitrogens with two attached hydrogens (primary N) is 1. The van der Waals surface area contributed by atoms with E-state index < -0.39 is 0 Å². The highest BCUT2D eigenvalue weighted by Crippen LogP contribution is 2.18. The number of urea groups is 1. The maximum atomic E-state index is 11.3. The van der Waals surface area contributed by atoms with E-state index in [4.69, 9.17) is 5.73 Å². The smallest absolute Gasteiger partial charge is 0.321 e. The quantitative estimate of drug-likeness (QED) is 0.634. The van der Waals surface area contributed by atoms with Crippen molar-refractivity contribution in [2.24, 2.45) is 5.73 Å².